The van der Waals surface area contributed by atoms with Gasteiger partial charge in [0, 0.05) is 52.4 Å². The number of ether oxygens (including phenoxy) is 9. The fourth-order valence-electron chi connectivity index (χ4n) is 6.41. The molecule has 0 bridgehead atoms. The van der Waals surface area contributed by atoms with E-state index >= 15 is 0 Å². The molecular weight excluding hydrogens is 832 g/mol. The summed E-state index contributed by atoms with van der Waals surface area (Å²) in [5, 5.41) is 11.4. The van der Waals surface area contributed by atoms with Gasteiger partial charge >= 0.3 is 59.7 Å². The lowest BCUT2D eigenvalue weighted by molar-refractivity contribution is -0.462. The quantitative estimate of drug-likeness (QED) is 0.0382. The molecule has 4 aliphatic heterocycles. The van der Waals surface area contributed by atoms with Gasteiger partial charge in [0.05, 0.1) is 19.4 Å². The highest BCUT2D eigenvalue weighted by atomic mass is 17.5. The second-order valence-electron chi connectivity index (χ2n) is 14.3. The Kier molecular flexibility index (Phi) is 14.3. The van der Waals surface area contributed by atoms with E-state index in [-0.39, 0.29) is 51.6 Å². The van der Waals surface area contributed by atoms with Crippen LogP contribution in [0.5, 0.6) is 0 Å². The van der Waals surface area contributed by atoms with Gasteiger partial charge in [-0.3, -0.25) is 28.9 Å². The van der Waals surface area contributed by atoms with Gasteiger partial charge in [0.1, 0.15) is 11.1 Å². The Morgan fingerprint density at radius 2 is 0.952 bits per heavy atom. The molecule has 1 N–H and O–H groups in total. The predicted molar refractivity (Wildman–Crippen MR) is 194 cm³/mol. The molecule has 5 rings (SSSR count). The lowest BCUT2D eigenvalue weighted by Gasteiger charge is -2.46. The van der Waals surface area contributed by atoms with Gasteiger partial charge < -0.3 is 42.6 Å². The molecule has 0 atom stereocenters. The molecule has 2 spiro atoms. The van der Waals surface area contributed by atoms with Crippen LogP contribution in [-0.4, -0.2) is 94.7 Å². The van der Waals surface area contributed by atoms with Crippen molar-refractivity contribution in [2.24, 2.45) is 11.8 Å². The van der Waals surface area contributed by atoms with Crippen molar-refractivity contribution in [2.45, 2.75) is 95.3 Å². The van der Waals surface area contributed by atoms with Crippen molar-refractivity contribution in [3.05, 3.63) is 71.9 Å². The fourth-order valence-corrected chi connectivity index (χ4v) is 6.41. The highest BCUT2D eigenvalue weighted by Crippen LogP contribution is 2.45. The first-order valence-electron chi connectivity index (χ1n) is 19.0. The second kappa shape index (κ2) is 19.2. The maximum Gasteiger partial charge on any atom is 0.348 e. The van der Waals surface area contributed by atoms with Crippen LogP contribution in [0, 0.1) is 11.8 Å². The summed E-state index contributed by atoms with van der Waals surface area (Å²) in [6.07, 6.45) is 10.3. The smallest absolute Gasteiger partial charge is 0.348 e. The number of carbonyl (C=O) groups excluding carboxylic acids is 10. The molecule has 5 aliphatic rings. The molecule has 1 aliphatic carbocycles. The van der Waals surface area contributed by atoms with Crippen LogP contribution >= 0.6 is 0 Å². The number of hydrogen-bond acceptors (Lipinski definition) is 22. The first-order valence-corrected chi connectivity index (χ1v) is 19.0. The summed E-state index contributed by atoms with van der Waals surface area (Å²) in [6.45, 7) is 4.37. The number of hydrogen-bond donors (Lipinski definition) is 1. The third-order valence-corrected chi connectivity index (χ3v) is 9.63. The third-order valence-electron chi connectivity index (χ3n) is 9.63. The third kappa shape index (κ3) is 11.3. The van der Waals surface area contributed by atoms with E-state index in [2.05, 4.69) is 9.93 Å². The van der Waals surface area contributed by atoms with Crippen molar-refractivity contribution < 1.29 is 106 Å². The molecule has 62 heavy (non-hydrogen) atoms. The zero-order chi connectivity index (χ0) is 45.3. The highest BCUT2D eigenvalue weighted by molar-refractivity contribution is 6.16. The van der Waals surface area contributed by atoms with Gasteiger partial charge in [-0.05, 0) is 24.1 Å². The Bertz CT molecular complexity index is 1990. The van der Waals surface area contributed by atoms with Crippen LogP contribution < -0.4 is 0 Å². The normalized spacial score (nSPS) is 30.1. The van der Waals surface area contributed by atoms with Gasteiger partial charge in [-0.25, -0.2) is 29.2 Å². The Labute approximate surface area is 350 Å². The molecule has 5 fully saturated rings. The summed E-state index contributed by atoms with van der Waals surface area (Å²) in [5.74, 6) is -19.3. The van der Waals surface area contributed by atoms with Crippen molar-refractivity contribution in [3.63, 3.8) is 0 Å². The molecule has 0 unspecified atom stereocenters. The summed E-state index contributed by atoms with van der Waals surface area (Å²) < 4.78 is 47.5. The Morgan fingerprint density at radius 3 is 1.39 bits per heavy atom. The summed E-state index contributed by atoms with van der Waals surface area (Å²) in [4.78, 5) is 128. The molecule has 1 saturated carbocycles. The number of cyclic esters (lactones) is 4. The highest BCUT2D eigenvalue weighted by Gasteiger charge is 2.57. The maximum atomic E-state index is 12.9. The van der Waals surface area contributed by atoms with Crippen LogP contribution in [0.4, 0.5) is 0 Å². The Hall–Kier alpha value is -6.94. The zero-order valence-electron chi connectivity index (χ0n) is 33.3. The molecule has 0 aromatic heterocycles. The second-order valence-corrected chi connectivity index (χ2v) is 14.3. The molecule has 4 heterocycles. The average molecular weight is 873 g/mol. The Morgan fingerprint density at radius 1 is 0.565 bits per heavy atom. The summed E-state index contributed by atoms with van der Waals surface area (Å²) in [6, 6.07) is 0. The molecule has 22 nitrogen and oxygen atoms in total. The van der Waals surface area contributed by atoms with Crippen molar-refractivity contribution in [3.8, 4) is 0 Å². The van der Waals surface area contributed by atoms with E-state index in [0.29, 0.717) is 0 Å². The number of allylic oxidation sites excluding steroid dienone is 8. The number of esters is 9. The van der Waals surface area contributed by atoms with Crippen molar-refractivity contribution in [1.29, 1.82) is 0 Å². The van der Waals surface area contributed by atoms with Crippen LogP contribution in [0.15, 0.2) is 71.9 Å². The zero-order valence-corrected chi connectivity index (χ0v) is 33.3. The minimum atomic E-state index is -1.78. The van der Waals surface area contributed by atoms with Gasteiger partial charge in [-0.2, -0.15) is 0 Å². The van der Waals surface area contributed by atoms with Gasteiger partial charge in [0.15, 0.2) is 11.8 Å². The number of carbonyl (C=O) groups is 10. The van der Waals surface area contributed by atoms with Crippen LogP contribution in [0.25, 0.3) is 0 Å². The molecule has 4 saturated heterocycles. The van der Waals surface area contributed by atoms with E-state index < -0.39 is 112 Å². The largest absolute Gasteiger partial charge is 0.466 e. The number of rotatable bonds is 14. The summed E-state index contributed by atoms with van der Waals surface area (Å²) in [5.41, 5.74) is -0.929. The first-order chi connectivity index (χ1) is 29.3. The molecule has 0 aromatic carbocycles. The van der Waals surface area contributed by atoms with Crippen LogP contribution in [0.2, 0.25) is 0 Å². The topological polar surface area (TPSA) is 292 Å². The van der Waals surface area contributed by atoms with Crippen LogP contribution in [0.3, 0.4) is 0 Å². The summed E-state index contributed by atoms with van der Waals surface area (Å²) in [7, 11) is 0. The Balaban J connectivity index is 1.08. The standard InChI is InChI=1S/C40H40O22/c1-4-52-27(41)15-17-37(2)53-29(43)23(30(44)54-37)11-7-5-9-13-25-33(47)57-39(58-34(25)48)19-21-40(22-20-39)59-35(49)26(36(50)60-40)14-10-6-8-12-24-31(45)55-38(3,56-32(24)46)18-16-28(42)61-62-51/h5-14,24-25,51H,4,15-22H2,1-3H3/b7-5+,10-6+,12-8+,13-9+,23-11?,26-14?. The van der Waals surface area contributed by atoms with E-state index in [1.165, 1.54) is 56.4 Å². The van der Waals surface area contributed by atoms with Crippen LogP contribution in [0.1, 0.15) is 72.1 Å². The van der Waals surface area contributed by atoms with E-state index in [0.717, 1.165) is 18.2 Å². The molecule has 22 heteroatoms. The maximum absolute atomic E-state index is 12.9. The van der Waals surface area contributed by atoms with E-state index in [1.807, 2.05) is 0 Å². The summed E-state index contributed by atoms with van der Waals surface area (Å²) >= 11 is 0. The van der Waals surface area contributed by atoms with Gasteiger partial charge in [0.25, 0.3) is 23.1 Å². The predicted octanol–water partition coefficient (Wildman–Crippen LogP) is 2.17. The molecule has 0 aromatic rings. The first kappa shape index (κ1) is 46.1. The SMILES string of the molecule is CCOC(=O)CCC1(C)OC(=O)C(=C/C=C/C=C/C2C(=O)OC3(CCC4(CC3)OC(=O)C(=C/C=C/C=C/C3C(=O)OC(C)(CCC(=O)OOO)OC3=O)C(=O)O4)OC2=O)C(=O)O1. The minimum absolute atomic E-state index is 0.115. The van der Waals surface area contributed by atoms with Gasteiger partial charge in [-0.15, -0.1) is 0 Å². The lowest BCUT2D eigenvalue weighted by Crippen LogP contribution is -2.57. The van der Waals surface area contributed by atoms with E-state index in [9.17, 15) is 47.9 Å². The molecule has 0 radical (unpaired) electrons. The van der Waals surface area contributed by atoms with Crippen molar-refractivity contribution >= 4 is 59.7 Å². The van der Waals surface area contributed by atoms with E-state index in [1.54, 1.807) is 6.92 Å². The minimum Gasteiger partial charge on any atom is -0.466 e. The fraction of sp³-hybridized carbons (Fsp3) is 0.450. The van der Waals surface area contributed by atoms with Gasteiger partial charge in [0.2, 0.25) is 0 Å². The van der Waals surface area contributed by atoms with E-state index in [4.69, 9.17) is 47.9 Å². The molecule has 0 amide bonds. The van der Waals surface area contributed by atoms with Crippen molar-refractivity contribution in [1.82, 2.24) is 0 Å². The van der Waals surface area contributed by atoms with Gasteiger partial charge in [-0.1, -0.05) is 48.6 Å². The average Bonchev–Trinajstić information content (AvgIpc) is 3.18. The monoisotopic (exact) mass is 872 g/mol. The van der Waals surface area contributed by atoms with Crippen LogP contribution in [-0.2, 0) is 101 Å². The lowest BCUT2D eigenvalue weighted by atomic mass is 9.87. The molecule has 332 valence electrons. The van der Waals surface area contributed by atoms with Crippen molar-refractivity contribution in [2.75, 3.05) is 6.61 Å². The molecular formula is C40H40O22.